The summed E-state index contributed by atoms with van der Waals surface area (Å²) in [5, 5.41) is 10.4. The van der Waals surface area contributed by atoms with Crippen molar-refractivity contribution in [2.75, 3.05) is 0 Å². The zero-order valence-electron chi connectivity index (χ0n) is 9.16. The molecule has 0 fully saturated rings. The van der Waals surface area contributed by atoms with Gasteiger partial charge in [-0.05, 0) is 22.4 Å². The fourth-order valence-electron chi connectivity index (χ4n) is 1.87. The van der Waals surface area contributed by atoms with E-state index in [1.165, 1.54) is 15.6 Å². The van der Waals surface area contributed by atoms with Gasteiger partial charge in [-0.25, -0.2) is 0 Å². The van der Waals surface area contributed by atoms with Crippen LogP contribution in [0.4, 0.5) is 0 Å². The van der Waals surface area contributed by atoms with Crippen LogP contribution in [0.2, 0.25) is 0 Å². The Balaban J connectivity index is 2.86. The Morgan fingerprint density at radius 2 is 1.87 bits per heavy atom. The normalized spacial score (nSPS) is 11.6. The van der Waals surface area contributed by atoms with E-state index in [1.54, 1.807) is 11.3 Å². The van der Waals surface area contributed by atoms with Crippen LogP contribution in [-0.4, -0.2) is 0 Å². The van der Waals surface area contributed by atoms with Gasteiger partial charge in [-0.2, -0.15) is 5.26 Å². The lowest BCUT2D eigenvalue weighted by Gasteiger charge is -2.18. The zero-order chi connectivity index (χ0) is 11.1. The minimum Gasteiger partial charge on any atom is -0.192 e. The smallest absolute Gasteiger partial charge is 0.110 e. The molecule has 1 nitrogen and oxygen atoms in total. The van der Waals surface area contributed by atoms with E-state index in [0.717, 1.165) is 4.88 Å². The summed E-state index contributed by atoms with van der Waals surface area (Å²) in [6.07, 6.45) is 0. The summed E-state index contributed by atoms with van der Waals surface area (Å²) in [5.74, 6) is 0. The van der Waals surface area contributed by atoms with E-state index in [0.29, 0.717) is 0 Å². The van der Waals surface area contributed by atoms with Gasteiger partial charge in [0.25, 0.3) is 0 Å². The van der Waals surface area contributed by atoms with Crippen molar-refractivity contribution >= 4 is 21.4 Å². The molecule has 0 saturated carbocycles. The highest BCUT2D eigenvalue weighted by atomic mass is 32.1. The minimum atomic E-state index is 0.0324. The van der Waals surface area contributed by atoms with Crippen molar-refractivity contribution in [3.05, 3.63) is 34.7 Å². The lowest BCUT2D eigenvalue weighted by atomic mass is 9.85. The third kappa shape index (κ3) is 1.64. The second kappa shape index (κ2) is 3.36. The van der Waals surface area contributed by atoms with Crippen molar-refractivity contribution in [2.45, 2.75) is 26.2 Å². The van der Waals surface area contributed by atoms with Gasteiger partial charge in [0, 0.05) is 4.70 Å². The van der Waals surface area contributed by atoms with Crippen molar-refractivity contribution in [2.24, 2.45) is 0 Å². The molecule has 0 bridgehead atoms. The number of hydrogen-bond donors (Lipinski definition) is 0. The van der Waals surface area contributed by atoms with Crippen LogP contribution in [-0.2, 0) is 5.41 Å². The molecule has 0 aliphatic rings. The monoisotopic (exact) mass is 215 g/mol. The fraction of sp³-hybridized carbons (Fsp3) is 0.308. The predicted molar refractivity (Wildman–Crippen MR) is 65.2 cm³/mol. The first-order chi connectivity index (χ1) is 7.04. The molecule has 2 aromatic rings. The summed E-state index contributed by atoms with van der Waals surface area (Å²) in [6.45, 7) is 6.47. The van der Waals surface area contributed by atoms with Crippen LogP contribution in [0.25, 0.3) is 10.1 Å². The van der Waals surface area contributed by atoms with Gasteiger partial charge >= 0.3 is 0 Å². The molecule has 1 aromatic heterocycles. The number of rotatable bonds is 0. The molecule has 2 rings (SSSR count). The highest BCUT2D eigenvalue weighted by Crippen LogP contribution is 2.38. The van der Waals surface area contributed by atoms with E-state index in [2.05, 4.69) is 39.0 Å². The third-order valence-corrected chi connectivity index (χ3v) is 3.52. The second-order valence-electron chi connectivity index (χ2n) is 4.66. The molecule has 0 amide bonds. The Bertz CT molecular complexity index is 538. The maximum Gasteiger partial charge on any atom is 0.110 e. The lowest BCUT2D eigenvalue weighted by Crippen LogP contribution is -2.11. The second-order valence-corrected chi connectivity index (χ2v) is 5.72. The third-order valence-electron chi connectivity index (χ3n) is 2.45. The van der Waals surface area contributed by atoms with Crippen LogP contribution >= 0.6 is 11.3 Å². The number of nitriles is 1. The topological polar surface area (TPSA) is 23.8 Å². The summed E-state index contributed by atoms with van der Waals surface area (Å²) in [4.78, 5) is 0.851. The first kappa shape index (κ1) is 10.2. The molecule has 15 heavy (non-hydrogen) atoms. The molecular formula is C13H13NS. The number of nitrogens with zero attached hydrogens (tertiary/aromatic N) is 1. The Hall–Kier alpha value is -1.33. The van der Waals surface area contributed by atoms with Gasteiger partial charge in [-0.1, -0.05) is 39.0 Å². The predicted octanol–water partition coefficient (Wildman–Crippen LogP) is 4.07. The molecule has 0 aliphatic carbocycles. The van der Waals surface area contributed by atoms with E-state index in [4.69, 9.17) is 5.26 Å². The van der Waals surface area contributed by atoms with E-state index in [9.17, 15) is 0 Å². The number of hydrogen-bond acceptors (Lipinski definition) is 2. The molecule has 76 valence electrons. The minimum absolute atomic E-state index is 0.0324. The van der Waals surface area contributed by atoms with Crippen molar-refractivity contribution in [1.29, 1.82) is 5.26 Å². The summed E-state index contributed by atoms with van der Waals surface area (Å²) in [7, 11) is 0. The van der Waals surface area contributed by atoms with Crippen LogP contribution in [0.1, 0.15) is 31.2 Å². The standard InChI is InChI=1S/C13H13NS/c1-13(2,3)12-9-6-4-5-7-10(9)15-11(12)8-14/h4-7H,1-3H3. The first-order valence-electron chi connectivity index (χ1n) is 4.96. The average molecular weight is 215 g/mol. The van der Waals surface area contributed by atoms with Gasteiger partial charge in [0.2, 0.25) is 0 Å². The number of fused-ring (bicyclic) bond motifs is 1. The van der Waals surface area contributed by atoms with E-state index >= 15 is 0 Å². The van der Waals surface area contributed by atoms with Gasteiger partial charge in [-0.15, -0.1) is 11.3 Å². The molecule has 0 saturated heterocycles. The lowest BCUT2D eigenvalue weighted by molar-refractivity contribution is 0.596. The number of thiophene rings is 1. The highest BCUT2D eigenvalue weighted by molar-refractivity contribution is 7.19. The summed E-state index contributed by atoms with van der Waals surface area (Å²) in [5.41, 5.74) is 1.22. The van der Waals surface area contributed by atoms with Crippen LogP contribution in [0.3, 0.4) is 0 Å². The van der Waals surface area contributed by atoms with Gasteiger partial charge in [0.1, 0.15) is 10.9 Å². The maximum atomic E-state index is 9.14. The Labute approximate surface area is 94.0 Å². The largest absolute Gasteiger partial charge is 0.192 e. The van der Waals surface area contributed by atoms with Crippen molar-refractivity contribution in [3.63, 3.8) is 0 Å². The first-order valence-corrected chi connectivity index (χ1v) is 5.78. The van der Waals surface area contributed by atoms with Crippen LogP contribution in [0, 0.1) is 11.3 Å². The molecule has 0 atom stereocenters. The van der Waals surface area contributed by atoms with Crippen molar-refractivity contribution in [3.8, 4) is 6.07 Å². The molecule has 0 N–H and O–H groups in total. The Morgan fingerprint density at radius 3 is 2.47 bits per heavy atom. The quantitative estimate of drug-likeness (QED) is 0.650. The van der Waals surface area contributed by atoms with Gasteiger partial charge in [0.15, 0.2) is 0 Å². The van der Waals surface area contributed by atoms with Gasteiger partial charge in [-0.3, -0.25) is 0 Å². The molecule has 0 unspecified atom stereocenters. The molecule has 0 radical (unpaired) electrons. The van der Waals surface area contributed by atoms with E-state index < -0.39 is 0 Å². The van der Waals surface area contributed by atoms with Crippen molar-refractivity contribution < 1.29 is 0 Å². The molecule has 1 heterocycles. The molecule has 0 aliphatic heterocycles. The highest BCUT2D eigenvalue weighted by Gasteiger charge is 2.23. The summed E-state index contributed by atoms with van der Waals surface area (Å²) >= 11 is 1.59. The summed E-state index contributed by atoms with van der Waals surface area (Å²) < 4.78 is 1.21. The Kier molecular flexibility index (Phi) is 2.28. The van der Waals surface area contributed by atoms with E-state index in [1.807, 2.05) is 12.1 Å². The maximum absolute atomic E-state index is 9.14. The number of benzene rings is 1. The van der Waals surface area contributed by atoms with Crippen molar-refractivity contribution in [1.82, 2.24) is 0 Å². The van der Waals surface area contributed by atoms with Crippen LogP contribution in [0.5, 0.6) is 0 Å². The zero-order valence-corrected chi connectivity index (χ0v) is 9.98. The van der Waals surface area contributed by atoms with Gasteiger partial charge in [0.05, 0.1) is 0 Å². The fourth-order valence-corrected chi connectivity index (χ4v) is 3.08. The van der Waals surface area contributed by atoms with Crippen LogP contribution in [0.15, 0.2) is 24.3 Å². The summed E-state index contributed by atoms with van der Waals surface area (Å²) in [6, 6.07) is 10.5. The molecular weight excluding hydrogens is 202 g/mol. The van der Waals surface area contributed by atoms with E-state index in [-0.39, 0.29) is 5.41 Å². The van der Waals surface area contributed by atoms with Gasteiger partial charge < -0.3 is 0 Å². The molecule has 2 heteroatoms. The SMILES string of the molecule is CC(C)(C)c1c(C#N)sc2ccccc12. The molecule has 1 aromatic carbocycles. The average Bonchev–Trinajstić information content (AvgIpc) is 2.54. The van der Waals surface area contributed by atoms with Crippen LogP contribution < -0.4 is 0 Å². The molecule has 0 spiro atoms. The Morgan fingerprint density at radius 1 is 1.20 bits per heavy atom.